The van der Waals surface area contributed by atoms with E-state index in [1.807, 2.05) is 0 Å². The van der Waals surface area contributed by atoms with Gasteiger partial charge in [-0.3, -0.25) is 0 Å². The van der Waals surface area contributed by atoms with Crippen molar-refractivity contribution in [3.05, 3.63) is 29.6 Å². The number of fused-ring (bicyclic) bond motifs is 1. The van der Waals surface area contributed by atoms with Gasteiger partial charge in [0.2, 0.25) is 0 Å². The van der Waals surface area contributed by atoms with Gasteiger partial charge in [0, 0.05) is 19.6 Å². The lowest BCUT2D eigenvalue weighted by molar-refractivity contribution is 0.317. The van der Waals surface area contributed by atoms with E-state index in [1.54, 1.807) is 6.07 Å². The van der Waals surface area contributed by atoms with Crippen LogP contribution in [0.15, 0.2) is 18.2 Å². The molecule has 0 spiro atoms. The maximum atomic E-state index is 13.2. The van der Waals surface area contributed by atoms with Crippen LogP contribution < -0.4 is 5.32 Å². The fraction of sp³-hybridized carbons (Fsp3) is 0.571. The first-order chi connectivity index (χ1) is 8.72. The predicted molar refractivity (Wildman–Crippen MR) is 68.1 cm³/mol. The zero-order valence-electron chi connectivity index (χ0n) is 10.4. The number of nitrogens with one attached hydrogen (secondary N) is 1. The van der Waals surface area contributed by atoms with Crippen LogP contribution in [0.3, 0.4) is 0 Å². The molecule has 18 heavy (non-hydrogen) atoms. The monoisotopic (exact) mass is 250 g/mol. The van der Waals surface area contributed by atoms with Gasteiger partial charge in [-0.15, -0.1) is 0 Å². The molecule has 0 amide bonds. The highest BCUT2D eigenvalue weighted by atomic mass is 19.1. The minimum Gasteiger partial charge on any atom is -0.505 e. The number of phenols is 1. The summed E-state index contributed by atoms with van der Waals surface area (Å²) < 4.78 is 13.2. The molecule has 2 aliphatic rings. The Bertz CT molecular complexity index is 426. The SMILES string of the molecule is Oc1ccc(CCN2CC3CNCC3C2)cc1F. The molecule has 2 heterocycles. The van der Waals surface area contributed by atoms with Crippen molar-refractivity contribution < 1.29 is 9.50 Å². The van der Waals surface area contributed by atoms with Crippen molar-refractivity contribution in [1.29, 1.82) is 0 Å². The molecule has 0 aliphatic carbocycles. The third kappa shape index (κ3) is 2.35. The first-order valence-electron chi connectivity index (χ1n) is 6.63. The molecule has 2 N–H and O–H groups in total. The third-order valence-electron chi connectivity index (χ3n) is 4.19. The van der Waals surface area contributed by atoms with Crippen LogP contribution in [0.1, 0.15) is 5.56 Å². The van der Waals surface area contributed by atoms with E-state index in [-0.39, 0.29) is 5.75 Å². The van der Waals surface area contributed by atoms with Gasteiger partial charge in [0.25, 0.3) is 0 Å². The molecule has 2 saturated heterocycles. The molecular formula is C14H19FN2O. The van der Waals surface area contributed by atoms with Crippen LogP contribution in [-0.2, 0) is 6.42 Å². The van der Waals surface area contributed by atoms with Crippen molar-refractivity contribution in [3.8, 4) is 5.75 Å². The molecule has 3 nitrogen and oxygen atoms in total. The Balaban J connectivity index is 1.54. The van der Waals surface area contributed by atoms with Gasteiger partial charge in [-0.1, -0.05) is 6.07 Å². The maximum absolute atomic E-state index is 13.2. The minimum atomic E-state index is -0.519. The summed E-state index contributed by atoms with van der Waals surface area (Å²) in [5.41, 5.74) is 0.959. The van der Waals surface area contributed by atoms with E-state index in [4.69, 9.17) is 5.11 Å². The Morgan fingerprint density at radius 2 is 2.00 bits per heavy atom. The molecule has 2 aliphatic heterocycles. The topological polar surface area (TPSA) is 35.5 Å². The number of phenolic OH excluding ortho intramolecular Hbond substituents is 1. The molecule has 4 heteroatoms. The summed E-state index contributed by atoms with van der Waals surface area (Å²) in [6, 6.07) is 4.68. The number of likely N-dealkylation sites (tertiary alicyclic amines) is 1. The average Bonchev–Trinajstić information content (AvgIpc) is 2.91. The molecule has 2 unspecified atom stereocenters. The van der Waals surface area contributed by atoms with E-state index in [0.29, 0.717) is 0 Å². The first kappa shape index (κ1) is 11.9. The molecule has 98 valence electrons. The zero-order chi connectivity index (χ0) is 12.5. The van der Waals surface area contributed by atoms with Crippen molar-refractivity contribution in [2.75, 3.05) is 32.7 Å². The highest BCUT2D eigenvalue weighted by molar-refractivity contribution is 5.28. The summed E-state index contributed by atoms with van der Waals surface area (Å²) in [7, 11) is 0. The predicted octanol–water partition coefficient (Wildman–Crippen LogP) is 1.22. The highest BCUT2D eigenvalue weighted by Crippen LogP contribution is 2.26. The van der Waals surface area contributed by atoms with Crippen LogP contribution in [0.4, 0.5) is 4.39 Å². The molecule has 2 fully saturated rings. The fourth-order valence-electron chi connectivity index (χ4n) is 3.13. The highest BCUT2D eigenvalue weighted by Gasteiger charge is 2.35. The second-order valence-electron chi connectivity index (χ2n) is 5.47. The van der Waals surface area contributed by atoms with Gasteiger partial charge in [0.05, 0.1) is 0 Å². The second-order valence-corrected chi connectivity index (χ2v) is 5.47. The zero-order valence-corrected chi connectivity index (χ0v) is 10.4. The normalized spacial score (nSPS) is 27.6. The van der Waals surface area contributed by atoms with E-state index < -0.39 is 5.82 Å². The largest absolute Gasteiger partial charge is 0.505 e. The third-order valence-corrected chi connectivity index (χ3v) is 4.19. The average molecular weight is 250 g/mol. The van der Waals surface area contributed by atoms with Crippen molar-refractivity contribution in [2.24, 2.45) is 11.8 Å². The first-order valence-corrected chi connectivity index (χ1v) is 6.63. The van der Waals surface area contributed by atoms with Gasteiger partial charge in [-0.05, 0) is 49.0 Å². The number of aromatic hydroxyl groups is 1. The lowest BCUT2D eigenvalue weighted by Gasteiger charge is -2.16. The summed E-state index contributed by atoms with van der Waals surface area (Å²) in [5, 5.41) is 12.6. The molecule has 0 radical (unpaired) electrons. The summed E-state index contributed by atoms with van der Waals surface area (Å²) >= 11 is 0. The Hall–Kier alpha value is -1.13. The number of nitrogens with zero attached hydrogens (tertiary/aromatic N) is 1. The van der Waals surface area contributed by atoms with Crippen LogP contribution in [0.2, 0.25) is 0 Å². The van der Waals surface area contributed by atoms with Gasteiger partial charge in [-0.25, -0.2) is 4.39 Å². The van der Waals surface area contributed by atoms with Crippen LogP contribution in [0.25, 0.3) is 0 Å². The maximum Gasteiger partial charge on any atom is 0.165 e. The second kappa shape index (κ2) is 4.86. The Morgan fingerprint density at radius 1 is 1.28 bits per heavy atom. The van der Waals surface area contributed by atoms with Crippen molar-refractivity contribution in [3.63, 3.8) is 0 Å². The number of rotatable bonds is 3. The summed E-state index contributed by atoms with van der Waals surface area (Å²) in [4.78, 5) is 2.47. The Morgan fingerprint density at radius 3 is 2.67 bits per heavy atom. The fourth-order valence-corrected chi connectivity index (χ4v) is 3.13. The number of benzene rings is 1. The van der Waals surface area contributed by atoms with E-state index in [1.165, 1.54) is 12.1 Å². The van der Waals surface area contributed by atoms with E-state index in [2.05, 4.69) is 10.2 Å². The molecule has 2 atom stereocenters. The molecule has 3 rings (SSSR count). The Labute approximate surface area is 107 Å². The van der Waals surface area contributed by atoms with Crippen LogP contribution in [-0.4, -0.2) is 42.7 Å². The smallest absolute Gasteiger partial charge is 0.165 e. The summed E-state index contributed by atoms with van der Waals surface area (Å²) in [6.45, 7) is 5.61. The molecule has 1 aromatic carbocycles. The quantitative estimate of drug-likeness (QED) is 0.847. The van der Waals surface area contributed by atoms with Crippen molar-refractivity contribution in [2.45, 2.75) is 6.42 Å². The van der Waals surface area contributed by atoms with E-state index >= 15 is 0 Å². The minimum absolute atomic E-state index is 0.263. The molecule has 1 aromatic rings. The summed E-state index contributed by atoms with van der Waals surface area (Å²) in [6.07, 6.45) is 0.851. The van der Waals surface area contributed by atoms with E-state index in [0.717, 1.165) is 56.5 Å². The Kier molecular flexibility index (Phi) is 3.22. The molecule has 0 bridgehead atoms. The summed E-state index contributed by atoms with van der Waals surface area (Å²) in [5.74, 6) is 0.832. The van der Waals surface area contributed by atoms with Crippen LogP contribution in [0, 0.1) is 17.7 Å². The van der Waals surface area contributed by atoms with Gasteiger partial charge in [0.1, 0.15) is 0 Å². The molecule has 0 aromatic heterocycles. The molecular weight excluding hydrogens is 231 g/mol. The number of hydrogen-bond donors (Lipinski definition) is 2. The number of halogens is 1. The van der Waals surface area contributed by atoms with Crippen LogP contribution in [0.5, 0.6) is 5.75 Å². The van der Waals surface area contributed by atoms with Gasteiger partial charge >= 0.3 is 0 Å². The van der Waals surface area contributed by atoms with Crippen molar-refractivity contribution >= 4 is 0 Å². The molecule has 0 saturated carbocycles. The van der Waals surface area contributed by atoms with Gasteiger partial charge < -0.3 is 15.3 Å². The van der Waals surface area contributed by atoms with Crippen molar-refractivity contribution in [1.82, 2.24) is 10.2 Å². The van der Waals surface area contributed by atoms with Gasteiger partial charge in [-0.2, -0.15) is 0 Å². The lowest BCUT2D eigenvalue weighted by Crippen LogP contribution is -2.27. The standard InChI is InChI=1S/C14H19FN2O/c15-13-5-10(1-2-14(13)18)3-4-17-8-11-6-16-7-12(11)9-17/h1-2,5,11-12,16,18H,3-4,6-9H2. The van der Waals surface area contributed by atoms with E-state index in [9.17, 15) is 4.39 Å². The van der Waals surface area contributed by atoms with Gasteiger partial charge in [0.15, 0.2) is 11.6 Å². The lowest BCUT2D eigenvalue weighted by atomic mass is 10.0. The number of hydrogen-bond acceptors (Lipinski definition) is 3. The van der Waals surface area contributed by atoms with Crippen LogP contribution >= 0.6 is 0 Å².